The van der Waals surface area contributed by atoms with Crippen molar-refractivity contribution in [3.63, 3.8) is 0 Å². The normalized spacial score (nSPS) is 26.7. The Morgan fingerprint density at radius 3 is 2.65 bits per heavy atom. The molecule has 4 atom stereocenters. The first-order valence-electron chi connectivity index (χ1n) is 10.4. The van der Waals surface area contributed by atoms with Gasteiger partial charge in [-0.25, -0.2) is 4.79 Å². The molecule has 2 N–H and O–H groups in total. The zero-order valence-electron chi connectivity index (χ0n) is 17.5. The number of ketones is 1. The molecule has 0 bridgehead atoms. The van der Waals surface area contributed by atoms with E-state index in [0.717, 1.165) is 18.5 Å². The number of carboxylic acid groups (broad SMARTS) is 1. The fourth-order valence-corrected chi connectivity index (χ4v) is 7.53. The summed E-state index contributed by atoms with van der Waals surface area (Å²) in [6.07, 6.45) is 0.553. The Hall–Kier alpha value is -1.81. The maximum atomic E-state index is 12.6. The minimum Gasteiger partial charge on any atom is -0.477 e. The molecular formula is C22H26N2O5S2. The third-order valence-corrected chi connectivity index (χ3v) is 8.88. The Morgan fingerprint density at radius 2 is 2.00 bits per heavy atom. The van der Waals surface area contributed by atoms with Crippen LogP contribution in [-0.4, -0.2) is 74.0 Å². The van der Waals surface area contributed by atoms with Gasteiger partial charge in [0.15, 0.2) is 11.5 Å². The highest BCUT2D eigenvalue weighted by Crippen LogP contribution is 2.55. The zero-order valence-corrected chi connectivity index (χ0v) is 19.1. The Labute approximate surface area is 189 Å². The highest BCUT2D eigenvalue weighted by Gasteiger charge is 2.58. The van der Waals surface area contributed by atoms with E-state index in [0.29, 0.717) is 29.3 Å². The lowest BCUT2D eigenvalue weighted by atomic mass is 9.90. The van der Waals surface area contributed by atoms with Crippen LogP contribution in [0.4, 0.5) is 0 Å². The van der Waals surface area contributed by atoms with E-state index in [9.17, 15) is 24.6 Å². The molecule has 0 aromatic heterocycles. The van der Waals surface area contributed by atoms with Crippen molar-refractivity contribution in [1.82, 2.24) is 9.80 Å². The summed E-state index contributed by atoms with van der Waals surface area (Å²) in [5, 5.41) is 19.7. The number of carboxylic acids is 1. The maximum Gasteiger partial charge on any atom is 0.354 e. The van der Waals surface area contributed by atoms with Crippen LogP contribution >= 0.6 is 23.5 Å². The summed E-state index contributed by atoms with van der Waals surface area (Å²) in [5.74, 6) is -1.89. The van der Waals surface area contributed by atoms with Crippen molar-refractivity contribution in [3.05, 3.63) is 45.3 Å². The summed E-state index contributed by atoms with van der Waals surface area (Å²) in [4.78, 5) is 40.3. The molecule has 3 heterocycles. The number of hydrogen-bond acceptors (Lipinski definition) is 7. The van der Waals surface area contributed by atoms with Crippen molar-refractivity contribution in [2.75, 3.05) is 19.6 Å². The maximum absolute atomic E-state index is 12.6. The van der Waals surface area contributed by atoms with Crippen molar-refractivity contribution in [2.24, 2.45) is 5.92 Å². The lowest BCUT2D eigenvalue weighted by Gasteiger charge is -2.44. The van der Waals surface area contributed by atoms with Gasteiger partial charge >= 0.3 is 5.97 Å². The molecule has 1 aromatic rings. The van der Waals surface area contributed by atoms with Crippen LogP contribution < -0.4 is 0 Å². The number of Topliss-reactive ketones (excluding diaryl/α,β-unsaturated/α-hetero) is 1. The van der Waals surface area contributed by atoms with Gasteiger partial charge in [-0.1, -0.05) is 48.5 Å². The fourth-order valence-electron chi connectivity index (χ4n) is 4.22. The van der Waals surface area contributed by atoms with Gasteiger partial charge in [-0.05, 0) is 26.3 Å². The number of benzene rings is 1. The van der Waals surface area contributed by atoms with Gasteiger partial charge < -0.3 is 10.2 Å². The molecule has 3 aliphatic heterocycles. The average molecular weight is 463 g/mol. The minimum atomic E-state index is -1.11. The van der Waals surface area contributed by atoms with Gasteiger partial charge in [-0.2, -0.15) is 0 Å². The average Bonchev–Trinajstić information content (AvgIpc) is 3.30. The smallest absolute Gasteiger partial charge is 0.354 e. The van der Waals surface area contributed by atoms with Crippen molar-refractivity contribution in [1.29, 1.82) is 0 Å². The summed E-state index contributed by atoms with van der Waals surface area (Å²) < 4.78 is 0.633. The molecule has 1 amide bonds. The van der Waals surface area contributed by atoms with Gasteiger partial charge in [0.25, 0.3) is 0 Å². The highest BCUT2D eigenvalue weighted by atomic mass is 32.2. The number of aliphatic hydroxyl groups is 1. The molecule has 0 spiro atoms. The second-order valence-electron chi connectivity index (χ2n) is 8.21. The molecule has 4 rings (SSSR count). The van der Waals surface area contributed by atoms with Crippen LogP contribution in [-0.2, 0) is 9.59 Å². The molecule has 0 aliphatic carbocycles. The lowest BCUT2D eigenvalue weighted by molar-refractivity contribution is -0.157. The summed E-state index contributed by atoms with van der Waals surface area (Å²) >= 11 is 2.86. The molecule has 3 aliphatic rings. The van der Waals surface area contributed by atoms with E-state index < -0.39 is 18.0 Å². The van der Waals surface area contributed by atoms with Crippen LogP contribution in [0.2, 0.25) is 0 Å². The van der Waals surface area contributed by atoms with E-state index in [4.69, 9.17) is 0 Å². The number of thioether (sulfide) groups is 2. The first-order valence-corrected chi connectivity index (χ1v) is 12.2. The van der Waals surface area contributed by atoms with Gasteiger partial charge in [-0.3, -0.25) is 19.4 Å². The highest BCUT2D eigenvalue weighted by molar-refractivity contribution is 8.23. The topological polar surface area (TPSA) is 98.2 Å². The zero-order chi connectivity index (χ0) is 22.3. The van der Waals surface area contributed by atoms with Crippen LogP contribution in [0.3, 0.4) is 0 Å². The molecular weight excluding hydrogens is 436 g/mol. The molecule has 2 fully saturated rings. The van der Waals surface area contributed by atoms with Crippen LogP contribution in [0.25, 0.3) is 0 Å². The van der Waals surface area contributed by atoms with E-state index in [1.165, 1.54) is 28.4 Å². The molecule has 4 unspecified atom stereocenters. The molecule has 166 valence electrons. The number of carbonyl (C=O) groups is 3. The molecule has 1 aromatic carbocycles. The Morgan fingerprint density at radius 1 is 1.29 bits per heavy atom. The predicted octanol–water partition coefficient (Wildman–Crippen LogP) is 2.54. The summed E-state index contributed by atoms with van der Waals surface area (Å²) in [6, 6.07) is 7.56. The Bertz CT molecular complexity index is 932. The van der Waals surface area contributed by atoms with Crippen LogP contribution in [0.5, 0.6) is 0 Å². The van der Waals surface area contributed by atoms with Crippen molar-refractivity contribution in [2.45, 2.75) is 43.4 Å². The third kappa shape index (κ3) is 4.28. The minimum absolute atomic E-state index is 0.0405. The summed E-state index contributed by atoms with van der Waals surface area (Å²) in [7, 11) is 0. The number of likely N-dealkylation sites (tertiary alicyclic amines) is 1. The largest absolute Gasteiger partial charge is 0.477 e. The second-order valence-corrected chi connectivity index (χ2v) is 10.9. The van der Waals surface area contributed by atoms with E-state index in [1.807, 2.05) is 38.1 Å². The van der Waals surface area contributed by atoms with Crippen molar-refractivity contribution >= 4 is 41.2 Å². The standard InChI is InChI=1S/C22H26N2O5S2/c1-3-15(25)17-19(27)24-18(21(28)29)22(31-20(17)24)30-14-8-9-23(10-14)11-16(26)13-6-4-12(2)5-7-13/h4-7,14-15,17,20,25H,3,8-11H2,1-2H3,(H,28,29). The van der Waals surface area contributed by atoms with Gasteiger partial charge in [0.2, 0.25) is 5.91 Å². The number of carbonyl (C=O) groups excluding carboxylic acids is 2. The summed E-state index contributed by atoms with van der Waals surface area (Å²) in [5.41, 5.74) is 1.86. The molecule has 7 nitrogen and oxygen atoms in total. The van der Waals surface area contributed by atoms with Crippen molar-refractivity contribution < 1.29 is 24.6 Å². The molecule has 0 saturated carbocycles. The number of nitrogens with zero attached hydrogens (tertiary/aromatic N) is 2. The van der Waals surface area contributed by atoms with Crippen molar-refractivity contribution in [3.8, 4) is 0 Å². The predicted molar refractivity (Wildman–Crippen MR) is 121 cm³/mol. The van der Waals surface area contributed by atoms with Gasteiger partial charge in [-0.15, -0.1) is 11.8 Å². The number of β-lactam (4-membered cyclic amide) rings is 1. The van der Waals surface area contributed by atoms with E-state index in [1.54, 1.807) is 0 Å². The molecule has 0 radical (unpaired) electrons. The Balaban J connectivity index is 1.38. The third-order valence-electron chi connectivity index (χ3n) is 6.03. The second kappa shape index (κ2) is 8.97. The number of aliphatic carboxylic acids is 1. The number of hydrogen-bond donors (Lipinski definition) is 2. The number of rotatable bonds is 8. The van der Waals surface area contributed by atoms with Crippen LogP contribution in [0, 0.1) is 12.8 Å². The quantitative estimate of drug-likeness (QED) is 0.449. The summed E-state index contributed by atoms with van der Waals surface area (Å²) in [6.45, 7) is 5.61. The first-order chi connectivity index (χ1) is 14.8. The SMILES string of the molecule is CCC(O)C1C(=O)N2C(C(=O)O)=C(SC3CCN(CC(=O)c4ccc(C)cc4)C3)SC12. The molecule has 2 saturated heterocycles. The number of amides is 1. The van der Waals surface area contributed by atoms with E-state index >= 15 is 0 Å². The fraction of sp³-hybridized carbons (Fsp3) is 0.500. The number of aryl methyl sites for hydroxylation is 1. The van der Waals surface area contributed by atoms with E-state index in [-0.39, 0.29) is 28.0 Å². The number of aliphatic hydroxyl groups excluding tert-OH is 1. The number of fused-ring (bicyclic) bond motifs is 1. The van der Waals surface area contributed by atoms with Crippen LogP contribution in [0.1, 0.15) is 35.7 Å². The molecule has 31 heavy (non-hydrogen) atoms. The van der Waals surface area contributed by atoms with Crippen LogP contribution in [0.15, 0.2) is 34.2 Å². The lowest BCUT2D eigenvalue weighted by Crippen LogP contribution is -2.61. The monoisotopic (exact) mass is 462 g/mol. The molecule has 9 heteroatoms. The van der Waals surface area contributed by atoms with E-state index in [2.05, 4.69) is 4.90 Å². The van der Waals surface area contributed by atoms with Gasteiger partial charge in [0.1, 0.15) is 5.37 Å². The Kier molecular flexibility index (Phi) is 6.48. The van der Waals surface area contributed by atoms with Gasteiger partial charge in [0, 0.05) is 17.4 Å². The van der Waals surface area contributed by atoms with Gasteiger partial charge in [0.05, 0.1) is 22.8 Å². The first kappa shape index (κ1) is 22.4.